The Morgan fingerprint density at radius 1 is 1.07 bits per heavy atom. The van der Waals surface area contributed by atoms with E-state index in [2.05, 4.69) is 27.4 Å². The van der Waals surface area contributed by atoms with Crippen LogP contribution in [0.15, 0.2) is 47.4 Å². The van der Waals surface area contributed by atoms with E-state index in [9.17, 15) is 21.6 Å². The van der Waals surface area contributed by atoms with E-state index in [1.165, 1.54) is 29.9 Å². The fourth-order valence-electron chi connectivity index (χ4n) is 5.88. The predicted molar refractivity (Wildman–Crippen MR) is 160 cm³/mol. The van der Waals surface area contributed by atoms with Crippen molar-refractivity contribution in [2.24, 2.45) is 5.14 Å². The number of ether oxygens (including phenoxy) is 2. The molecule has 0 atom stereocenters. The quantitative estimate of drug-likeness (QED) is 0.321. The number of anilines is 2. The molecule has 0 amide bonds. The lowest BCUT2D eigenvalue weighted by Gasteiger charge is -2.39. The molecule has 0 unspecified atom stereocenters. The van der Waals surface area contributed by atoms with E-state index in [-0.39, 0.29) is 28.9 Å². The van der Waals surface area contributed by atoms with Gasteiger partial charge in [0.1, 0.15) is 12.3 Å². The van der Waals surface area contributed by atoms with E-state index in [1.807, 2.05) is 6.07 Å². The third-order valence-corrected chi connectivity index (χ3v) is 8.90. The number of alkyl halides is 3. The number of morpholine rings is 1. The van der Waals surface area contributed by atoms with Gasteiger partial charge in [-0.1, -0.05) is 12.0 Å². The van der Waals surface area contributed by atoms with Gasteiger partial charge in [-0.05, 0) is 61.9 Å². The molecule has 0 bridgehead atoms. The van der Waals surface area contributed by atoms with Gasteiger partial charge in [-0.2, -0.15) is 13.2 Å². The van der Waals surface area contributed by atoms with E-state index in [0.717, 1.165) is 57.7 Å². The summed E-state index contributed by atoms with van der Waals surface area (Å²) in [4.78, 5) is 2.40. The summed E-state index contributed by atoms with van der Waals surface area (Å²) in [5.74, 6) is 6.03. The van der Waals surface area contributed by atoms with Gasteiger partial charge in [0.25, 0.3) is 0 Å². The van der Waals surface area contributed by atoms with Crippen molar-refractivity contribution in [2.75, 3.05) is 50.6 Å². The fraction of sp³-hybridized carbons (Fsp3) is 0.467. The van der Waals surface area contributed by atoms with Crippen molar-refractivity contribution >= 4 is 32.3 Å². The second-order valence-electron chi connectivity index (χ2n) is 10.8. The molecule has 13 heteroatoms. The Kier molecular flexibility index (Phi) is 9.41. The average Bonchev–Trinajstić information content (AvgIpc) is 3.32. The van der Waals surface area contributed by atoms with Crippen LogP contribution in [0.2, 0.25) is 0 Å². The van der Waals surface area contributed by atoms with Crippen molar-refractivity contribution in [1.29, 1.82) is 0 Å². The number of hydrogen-bond donors (Lipinski definition) is 3. The predicted octanol–water partition coefficient (Wildman–Crippen LogP) is 4.38. The molecule has 1 aliphatic heterocycles. The molecule has 0 radical (unpaired) electrons. The van der Waals surface area contributed by atoms with Gasteiger partial charge in [0.05, 0.1) is 48.7 Å². The van der Waals surface area contributed by atoms with Crippen LogP contribution in [0.5, 0.6) is 5.75 Å². The van der Waals surface area contributed by atoms with Crippen molar-refractivity contribution in [3.05, 3.63) is 48.2 Å². The van der Waals surface area contributed by atoms with Crippen LogP contribution in [-0.4, -0.2) is 76.1 Å². The summed E-state index contributed by atoms with van der Waals surface area (Å²) in [5, 5.41) is 12.5. The summed E-state index contributed by atoms with van der Waals surface area (Å²) >= 11 is 0. The molecule has 2 aromatic carbocycles. The second-order valence-corrected chi connectivity index (χ2v) is 12.4. The summed E-state index contributed by atoms with van der Waals surface area (Å²) in [6, 6.07) is 12.0. The molecule has 1 saturated heterocycles. The zero-order valence-corrected chi connectivity index (χ0v) is 24.7. The lowest BCUT2D eigenvalue weighted by Crippen LogP contribution is -2.46. The molecule has 5 rings (SSSR count). The van der Waals surface area contributed by atoms with Gasteiger partial charge in [-0.3, -0.25) is 4.90 Å². The van der Waals surface area contributed by atoms with Gasteiger partial charge in [0, 0.05) is 42.3 Å². The van der Waals surface area contributed by atoms with Crippen LogP contribution in [0.1, 0.15) is 31.4 Å². The van der Waals surface area contributed by atoms with Gasteiger partial charge in [-0.25, -0.2) is 13.6 Å². The highest BCUT2D eigenvalue weighted by molar-refractivity contribution is 7.89. The first-order valence-corrected chi connectivity index (χ1v) is 15.8. The van der Waals surface area contributed by atoms with Crippen LogP contribution in [0.4, 0.5) is 24.5 Å². The molecule has 43 heavy (non-hydrogen) atoms. The zero-order valence-electron chi connectivity index (χ0n) is 23.9. The van der Waals surface area contributed by atoms with Gasteiger partial charge >= 0.3 is 6.18 Å². The van der Waals surface area contributed by atoms with Crippen LogP contribution < -0.4 is 20.5 Å². The third-order valence-electron chi connectivity index (χ3n) is 7.99. The van der Waals surface area contributed by atoms with Gasteiger partial charge < -0.3 is 24.7 Å². The first-order valence-electron chi connectivity index (χ1n) is 14.2. The summed E-state index contributed by atoms with van der Waals surface area (Å²) in [6.07, 6.45) is -0.312. The Labute approximate surface area is 249 Å². The number of halogens is 3. The molecule has 232 valence electrons. The molecule has 2 heterocycles. The summed E-state index contributed by atoms with van der Waals surface area (Å²) in [6.45, 7) is 2.40. The first kappa shape index (κ1) is 31.0. The topological polar surface area (TPSA) is 111 Å². The van der Waals surface area contributed by atoms with Crippen LogP contribution in [-0.2, 0) is 21.3 Å². The van der Waals surface area contributed by atoms with Crippen molar-refractivity contribution in [3.8, 4) is 17.6 Å². The Balaban J connectivity index is 1.33. The Morgan fingerprint density at radius 3 is 2.49 bits per heavy atom. The van der Waals surface area contributed by atoms with Crippen LogP contribution >= 0.6 is 0 Å². The van der Waals surface area contributed by atoms with Gasteiger partial charge in [-0.15, -0.1) is 0 Å². The molecule has 1 saturated carbocycles. The van der Waals surface area contributed by atoms with Gasteiger partial charge in [0.15, 0.2) is 0 Å². The minimum Gasteiger partial charge on any atom is -0.495 e. The van der Waals surface area contributed by atoms with E-state index in [4.69, 9.17) is 14.6 Å². The molecule has 0 spiro atoms. The standard InChI is InChI=1S/C30H36F3N5O4S/c1-41-29-19-24(43(34,39)40)11-12-27(29)35-13-3-4-23-18-25-26(5-2-6-28(25)38(23)20-30(31,32)33)36-21-7-9-22(10-8-21)37-14-16-42-17-15-37/h2,5-6,11-12,18-19,21-22,35-36H,7-10,13-17,20H2,1H3,(H2,34,39,40). The molecule has 1 aliphatic carbocycles. The number of nitrogens with two attached hydrogens (primary N) is 1. The number of primary sulfonamides is 1. The lowest BCUT2D eigenvalue weighted by atomic mass is 9.89. The van der Waals surface area contributed by atoms with E-state index in [1.54, 1.807) is 18.2 Å². The number of sulfonamides is 1. The molecule has 4 N–H and O–H groups in total. The van der Waals surface area contributed by atoms with Crippen LogP contribution in [0.3, 0.4) is 0 Å². The number of nitrogens with one attached hydrogen (secondary N) is 2. The largest absolute Gasteiger partial charge is 0.495 e. The minimum absolute atomic E-state index is 0.0795. The van der Waals surface area contributed by atoms with E-state index < -0.39 is 22.7 Å². The second kappa shape index (κ2) is 13.1. The third kappa shape index (κ3) is 7.75. The molecule has 1 aromatic heterocycles. The summed E-state index contributed by atoms with van der Waals surface area (Å²) in [7, 11) is -2.52. The van der Waals surface area contributed by atoms with Gasteiger partial charge in [0.2, 0.25) is 10.0 Å². The first-order chi connectivity index (χ1) is 20.5. The molecule has 9 nitrogen and oxygen atoms in total. The van der Waals surface area contributed by atoms with E-state index in [0.29, 0.717) is 22.6 Å². The molecule has 2 aliphatic rings. The monoisotopic (exact) mass is 619 g/mol. The van der Waals surface area contributed by atoms with Crippen LogP contribution in [0, 0.1) is 11.8 Å². The highest BCUT2D eigenvalue weighted by Gasteiger charge is 2.31. The van der Waals surface area contributed by atoms with Crippen molar-refractivity contribution in [1.82, 2.24) is 9.47 Å². The number of hydrogen-bond acceptors (Lipinski definition) is 7. The summed E-state index contributed by atoms with van der Waals surface area (Å²) < 4.78 is 76.1. The SMILES string of the molecule is COc1cc(S(N)(=O)=O)ccc1NCC#Cc1cc2c(NC3CCC(N4CCOCC4)CC3)cccc2n1CC(F)(F)F. The summed E-state index contributed by atoms with van der Waals surface area (Å²) in [5.41, 5.74) is 1.97. The highest BCUT2D eigenvalue weighted by Crippen LogP contribution is 2.33. The van der Waals surface area contributed by atoms with Crippen molar-refractivity contribution in [3.63, 3.8) is 0 Å². The number of aromatic nitrogens is 1. The smallest absolute Gasteiger partial charge is 0.406 e. The molecular formula is C30H36F3N5O4S. The molecule has 2 fully saturated rings. The van der Waals surface area contributed by atoms with Crippen molar-refractivity contribution < 1.29 is 31.1 Å². The molecule has 3 aromatic rings. The molecular weight excluding hydrogens is 583 g/mol. The maximum absolute atomic E-state index is 13.6. The van der Waals surface area contributed by atoms with Crippen LogP contribution in [0.25, 0.3) is 10.9 Å². The van der Waals surface area contributed by atoms with E-state index >= 15 is 0 Å². The zero-order chi connectivity index (χ0) is 30.6. The maximum atomic E-state index is 13.6. The van der Waals surface area contributed by atoms with Crippen molar-refractivity contribution in [2.45, 2.75) is 55.4 Å². The maximum Gasteiger partial charge on any atom is 0.406 e. The minimum atomic E-state index is -4.43. The average molecular weight is 620 g/mol. The number of benzene rings is 2. The Morgan fingerprint density at radius 2 is 1.81 bits per heavy atom. The fourth-order valence-corrected chi connectivity index (χ4v) is 6.41. The Hall–Kier alpha value is -3.44. The number of fused-ring (bicyclic) bond motifs is 1. The highest BCUT2D eigenvalue weighted by atomic mass is 32.2. The lowest BCUT2D eigenvalue weighted by molar-refractivity contribution is -0.140. The number of nitrogens with zero attached hydrogens (tertiary/aromatic N) is 2. The Bertz CT molecular complexity index is 1600. The normalized spacial score (nSPS) is 19.9. The number of methoxy groups -OCH3 is 1. The number of rotatable bonds is 8.